The van der Waals surface area contributed by atoms with Crippen molar-refractivity contribution in [3.63, 3.8) is 0 Å². The minimum Gasteiger partial charge on any atom is -0.481 e. The van der Waals surface area contributed by atoms with Crippen molar-refractivity contribution < 1.29 is 19.4 Å². The number of carbonyl (C=O) groups is 2. The third-order valence-electron chi connectivity index (χ3n) is 4.19. The van der Waals surface area contributed by atoms with Gasteiger partial charge in [-0.3, -0.25) is 9.59 Å². The van der Waals surface area contributed by atoms with Gasteiger partial charge in [0.2, 0.25) is 5.91 Å². The molecule has 0 aromatic rings. The van der Waals surface area contributed by atoms with Crippen LogP contribution >= 0.6 is 0 Å². The number of rotatable bonds is 8. The molecule has 1 amide bonds. The Morgan fingerprint density at radius 3 is 2.42 bits per heavy atom. The standard InChI is InChI=1S/C14H25NO4/c1-13(2,12(17)18)7-9-15-11(16)14(5-4-6-14)8-10-19-3/h4-10H2,1-3H3,(H,15,16)(H,17,18). The largest absolute Gasteiger partial charge is 0.481 e. The van der Waals surface area contributed by atoms with E-state index >= 15 is 0 Å². The fourth-order valence-electron chi connectivity index (χ4n) is 2.27. The average Bonchev–Trinajstić information content (AvgIpc) is 2.27. The molecule has 0 saturated heterocycles. The molecule has 0 unspecified atom stereocenters. The molecule has 0 aromatic heterocycles. The third-order valence-corrected chi connectivity index (χ3v) is 4.19. The first-order valence-electron chi connectivity index (χ1n) is 6.85. The second kappa shape index (κ2) is 6.37. The van der Waals surface area contributed by atoms with Crippen LogP contribution in [0.2, 0.25) is 0 Å². The molecule has 1 aliphatic rings. The summed E-state index contributed by atoms with van der Waals surface area (Å²) in [4.78, 5) is 23.2. The van der Waals surface area contributed by atoms with E-state index in [-0.39, 0.29) is 11.3 Å². The summed E-state index contributed by atoms with van der Waals surface area (Å²) in [5, 5.41) is 11.9. The van der Waals surface area contributed by atoms with Gasteiger partial charge in [0.05, 0.1) is 10.8 Å². The average molecular weight is 271 g/mol. The Kier molecular flexibility index (Phi) is 5.35. The number of carbonyl (C=O) groups excluding carboxylic acids is 1. The highest BCUT2D eigenvalue weighted by Crippen LogP contribution is 2.44. The number of ether oxygens (including phenoxy) is 1. The molecule has 1 rings (SSSR count). The summed E-state index contributed by atoms with van der Waals surface area (Å²) in [6.07, 6.45) is 4.08. The fourth-order valence-corrected chi connectivity index (χ4v) is 2.27. The van der Waals surface area contributed by atoms with E-state index < -0.39 is 11.4 Å². The lowest BCUT2D eigenvalue weighted by Crippen LogP contribution is -2.47. The molecule has 0 aliphatic heterocycles. The van der Waals surface area contributed by atoms with E-state index in [2.05, 4.69) is 5.32 Å². The molecule has 19 heavy (non-hydrogen) atoms. The molecule has 5 nitrogen and oxygen atoms in total. The number of hydrogen-bond acceptors (Lipinski definition) is 3. The Morgan fingerprint density at radius 1 is 1.37 bits per heavy atom. The third kappa shape index (κ3) is 3.93. The summed E-state index contributed by atoms with van der Waals surface area (Å²) in [6, 6.07) is 0. The molecule has 2 N–H and O–H groups in total. The van der Waals surface area contributed by atoms with Gasteiger partial charge in [-0.1, -0.05) is 6.42 Å². The molecule has 0 spiro atoms. The van der Waals surface area contributed by atoms with Crippen molar-refractivity contribution in [2.24, 2.45) is 10.8 Å². The summed E-state index contributed by atoms with van der Waals surface area (Å²) >= 11 is 0. The lowest BCUT2D eigenvalue weighted by atomic mass is 9.66. The quantitative estimate of drug-likeness (QED) is 0.706. The Labute approximate surface area is 114 Å². The van der Waals surface area contributed by atoms with Crippen LogP contribution in [0.5, 0.6) is 0 Å². The van der Waals surface area contributed by atoms with Gasteiger partial charge >= 0.3 is 5.97 Å². The molecular weight excluding hydrogens is 246 g/mol. The molecule has 1 aliphatic carbocycles. The lowest BCUT2D eigenvalue weighted by molar-refractivity contribution is -0.147. The highest BCUT2D eigenvalue weighted by molar-refractivity contribution is 5.83. The predicted molar refractivity (Wildman–Crippen MR) is 71.8 cm³/mol. The normalized spacial score (nSPS) is 17.6. The zero-order valence-corrected chi connectivity index (χ0v) is 12.1. The van der Waals surface area contributed by atoms with E-state index in [0.29, 0.717) is 19.6 Å². The van der Waals surface area contributed by atoms with Gasteiger partial charge in [-0.05, 0) is 39.5 Å². The first-order valence-corrected chi connectivity index (χ1v) is 6.85. The van der Waals surface area contributed by atoms with Gasteiger partial charge in [0.1, 0.15) is 0 Å². The van der Waals surface area contributed by atoms with E-state index in [0.717, 1.165) is 25.7 Å². The lowest BCUT2D eigenvalue weighted by Gasteiger charge is -2.40. The summed E-state index contributed by atoms with van der Waals surface area (Å²) in [5.41, 5.74) is -1.07. The van der Waals surface area contributed by atoms with Crippen molar-refractivity contribution in [2.45, 2.75) is 46.0 Å². The molecule has 0 atom stereocenters. The first-order chi connectivity index (χ1) is 8.84. The number of methoxy groups -OCH3 is 1. The summed E-state index contributed by atoms with van der Waals surface area (Å²) in [6.45, 7) is 4.35. The van der Waals surface area contributed by atoms with E-state index in [1.54, 1.807) is 21.0 Å². The Morgan fingerprint density at radius 2 is 2.00 bits per heavy atom. The van der Waals surface area contributed by atoms with Crippen molar-refractivity contribution in [3.8, 4) is 0 Å². The fraction of sp³-hybridized carbons (Fsp3) is 0.857. The molecule has 1 saturated carbocycles. The number of carboxylic acid groups (broad SMARTS) is 1. The Bertz CT molecular complexity index is 334. The van der Waals surface area contributed by atoms with Crippen LogP contribution in [0.3, 0.4) is 0 Å². The van der Waals surface area contributed by atoms with E-state index in [9.17, 15) is 9.59 Å². The zero-order chi connectivity index (χ0) is 14.5. The van der Waals surface area contributed by atoms with Crippen LogP contribution < -0.4 is 5.32 Å². The molecule has 0 radical (unpaired) electrons. The van der Waals surface area contributed by atoms with Crippen LogP contribution in [-0.4, -0.2) is 37.2 Å². The smallest absolute Gasteiger partial charge is 0.309 e. The molecular formula is C14H25NO4. The van der Waals surface area contributed by atoms with Crippen molar-refractivity contribution in [1.29, 1.82) is 0 Å². The predicted octanol–water partition coefficient (Wildman–Crippen LogP) is 1.81. The van der Waals surface area contributed by atoms with Gasteiger partial charge in [-0.15, -0.1) is 0 Å². The minimum absolute atomic E-state index is 0.0528. The van der Waals surface area contributed by atoms with Gasteiger partial charge in [0.15, 0.2) is 0 Å². The second-order valence-electron chi connectivity index (χ2n) is 6.07. The topological polar surface area (TPSA) is 75.6 Å². The highest BCUT2D eigenvalue weighted by Gasteiger charge is 2.43. The second-order valence-corrected chi connectivity index (χ2v) is 6.07. The maximum atomic E-state index is 12.2. The SMILES string of the molecule is COCCC1(C(=O)NCCC(C)(C)C(=O)O)CCC1. The number of nitrogens with one attached hydrogen (secondary N) is 1. The van der Waals surface area contributed by atoms with Crippen LogP contribution in [0, 0.1) is 10.8 Å². The van der Waals surface area contributed by atoms with Crippen molar-refractivity contribution in [2.75, 3.05) is 20.3 Å². The van der Waals surface area contributed by atoms with Crippen molar-refractivity contribution in [1.82, 2.24) is 5.32 Å². The van der Waals surface area contributed by atoms with Crippen LogP contribution in [-0.2, 0) is 14.3 Å². The van der Waals surface area contributed by atoms with E-state index in [4.69, 9.17) is 9.84 Å². The molecule has 0 heterocycles. The number of aliphatic carboxylic acids is 1. The maximum absolute atomic E-state index is 12.2. The van der Waals surface area contributed by atoms with Gasteiger partial charge in [-0.2, -0.15) is 0 Å². The van der Waals surface area contributed by atoms with Crippen LogP contribution in [0.15, 0.2) is 0 Å². The summed E-state index contributed by atoms with van der Waals surface area (Å²) < 4.78 is 5.06. The number of amides is 1. The maximum Gasteiger partial charge on any atom is 0.309 e. The van der Waals surface area contributed by atoms with Gasteiger partial charge in [0, 0.05) is 20.3 Å². The van der Waals surface area contributed by atoms with Crippen LogP contribution in [0.4, 0.5) is 0 Å². The zero-order valence-electron chi connectivity index (χ0n) is 12.1. The molecule has 1 fully saturated rings. The molecule has 110 valence electrons. The first kappa shape index (κ1) is 16.0. The Balaban J connectivity index is 2.40. The van der Waals surface area contributed by atoms with Gasteiger partial charge in [0.25, 0.3) is 0 Å². The van der Waals surface area contributed by atoms with Crippen molar-refractivity contribution >= 4 is 11.9 Å². The van der Waals surface area contributed by atoms with Crippen LogP contribution in [0.25, 0.3) is 0 Å². The Hall–Kier alpha value is -1.10. The number of hydrogen-bond donors (Lipinski definition) is 2. The van der Waals surface area contributed by atoms with E-state index in [1.165, 1.54) is 0 Å². The monoisotopic (exact) mass is 271 g/mol. The van der Waals surface area contributed by atoms with Gasteiger partial charge in [-0.25, -0.2) is 0 Å². The van der Waals surface area contributed by atoms with Gasteiger partial charge < -0.3 is 15.2 Å². The van der Waals surface area contributed by atoms with Crippen molar-refractivity contribution in [3.05, 3.63) is 0 Å². The molecule has 0 aromatic carbocycles. The molecule has 0 bridgehead atoms. The van der Waals surface area contributed by atoms with Crippen LogP contribution in [0.1, 0.15) is 46.0 Å². The minimum atomic E-state index is -0.834. The highest BCUT2D eigenvalue weighted by atomic mass is 16.5. The summed E-state index contributed by atoms with van der Waals surface area (Å²) in [7, 11) is 1.64. The summed E-state index contributed by atoms with van der Waals surface area (Å²) in [5.74, 6) is -0.781. The molecule has 5 heteroatoms. The number of carboxylic acids is 1. The van der Waals surface area contributed by atoms with E-state index in [1.807, 2.05) is 0 Å².